The van der Waals surface area contributed by atoms with Crippen LogP contribution >= 0.6 is 0 Å². The highest BCUT2D eigenvalue weighted by atomic mass is 16.7. The molecule has 0 fully saturated rings. The van der Waals surface area contributed by atoms with E-state index >= 15 is 0 Å². The molecule has 0 spiro atoms. The lowest BCUT2D eigenvalue weighted by atomic mass is 9.90. The summed E-state index contributed by atoms with van der Waals surface area (Å²) in [4.78, 5) is 37.5. The fourth-order valence-corrected chi connectivity index (χ4v) is 4.42. The molecule has 2 amide bonds. The summed E-state index contributed by atoms with van der Waals surface area (Å²) in [6.07, 6.45) is 0.602. The largest absolute Gasteiger partial charge is 0.507 e. The second-order valence-electron chi connectivity index (χ2n) is 9.40. The molecule has 0 aliphatic rings. The smallest absolute Gasteiger partial charge is 0.266 e. The van der Waals surface area contributed by atoms with Gasteiger partial charge in [-0.05, 0) is 54.5 Å². The van der Waals surface area contributed by atoms with Gasteiger partial charge in [0.1, 0.15) is 16.9 Å². The molecular weight excluding hydrogens is 512 g/mol. The Labute approximate surface area is 232 Å². The van der Waals surface area contributed by atoms with E-state index in [0.717, 1.165) is 16.7 Å². The van der Waals surface area contributed by atoms with Gasteiger partial charge in [-0.1, -0.05) is 72.8 Å². The maximum atomic E-state index is 13.7. The third kappa shape index (κ3) is 8.55. The number of hydrogen-bond donors (Lipinski definition) is 5. The Morgan fingerprint density at radius 2 is 1.50 bits per heavy atom. The van der Waals surface area contributed by atoms with Crippen LogP contribution in [0.1, 0.15) is 46.6 Å². The number of aryl methyl sites for hydroxylation is 2. The molecule has 0 radical (unpaired) electrons. The normalized spacial score (nSPS) is 12.0. The first-order valence-corrected chi connectivity index (χ1v) is 12.8. The van der Waals surface area contributed by atoms with Crippen molar-refractivity contribution in [1.82, 2.24) is 16.0 Å². The van der Waals surface area contributed by atoms with Crippen LogP contribution in [0.5, 0.6) is 5.75 Å². The van der Waals surface area contributed by atoms with Crippen molar-refractivity contribution < 1.29 is 19.7 Å². The molecule has 3 rings (SSSR count). The maximum absolute atomic E-state index is 13.7. The van der Waals surface area contributed by atoms with Gasteiger partial charge in [-0.3, -0.25) is 9.59 Å². The quantitative estimate of drug-likeness (QED) is 0.0764. The van der Waals surface area contributed by atoms with E-state index in [-0.39, 0.29) is 43.0 Å². The Bertz CT molecular complexity index is 1290. The van der Waals surface area contributed by atoms with Crippen molar-refractivity contribution in [3.63, 3.8) is 0 Å². The molecule has 6 N–H and O–H groups in total. The molecule has 0 bridgehead atoms. The molecule has 210 valence electrons. The number of phenolic OH excluding ortho intramolecular Hbond substituents is 1. The number of rotatable bonds is 12. The molecule has 0 aliphatic carbocycles. The molecule has 11 heteroatoms. The molecular formula is C29H34N6O5. The third-order valence-corrected chi connectivity index (χ3v) is 6.34. The third-order valence-electron chi connectivity index (χ3n) is 6.34. The molecule has 0 unspecified atom stereocenters. The van der Waals surface area contributed by atoms with Crippen LogP contribution in [0.4, 0.5) is 0 Å². The van der Waals surface area contributed by atoms with E-state index in [1.807, 2.05) is 60.7 Å². The van der Waals surface area contributed by atoms with Crippen molar-refractivity contribution >= 4 is 17.8 Å². The van der Waals surface area contributed by atoms with E-state index in [4.69, 9.17) is 5.73 Å². The first kappa shape index (κ1) is 29.6. The molecule has 1 atom stereocenters. The Balaban J connectivity index is 1.77. The average Bonchev–Trinajstić information content (AvgIpc) is 2.93. The SMILES string of the molecule is Cc1cc(CNC(=O)[C@H](CCCNC(N)=N[N+](=O)[O-])NC(=O)C(c2ccccc2)c2ccccc2)cc(C)c1O. The van der Waals surface area contributed by atoms with Gasteiger partial charge in [-0.2, -0.15) is 0 Å². The summed E-state index contributed by atoms with van der Waals surface area (Å²) in [6, 6.07) is 21.3. The summed E-state index contributed by atoms with van der Waals surface area (Å²) in [7, 11) is 0. The lowest BCUT2D eigenvalue weighted by molar-refractivity contribution is -0.485. The lowest BCUT2D eigenvalue weighted by Crippen LogP contribution is -2.48. The zero-order valence-electron chi connectivity index (χ0n) is 22.5. The highest BCUT2D eigenvalue weighted by Gasteiger charge is 2.27. The molecule has 11 nitrogen and oxygen atoms in total. The van der Waals surface area contributed by atoms with Crippen molar-refractivity contribution in [3.05, 3.63) is 111 Å². The summed E-state index contributed by atoms with van der Waals surface area (Å²) in [5, 5.41) is 31.0. The minimum atomic E-state index is -0.904. The summed E-state index contributed by atoms with van der Waals surface area (Å²) < 4.78 is 0. The van der Waals surface area contributed by atoms with Gasteiger partial charge in [0.25, 0.3) is 5.96 Å². The Hall–Kier alpha value is -4.93. The predicted octanol–water partition coefficient (Wildman–Crippen LogP) is 2.82. The number of nitrogens with zero attached hydrogens (tertiary/aromatic N) is 2. The standard InChI is InChI=1S/C29H34N6O5/c1-19-16-21(17-20(2)26(19)36)18-32-27(37)24(14-9-15-31-29(30)34-35(39)40)33-28(38)25(22-10-5-3-6-11-22)23-12-7-4-8-13-23/h3-8,10-13,16-17,24-25,36H,9,14-15,18H2,1-2H3,(H,32,37)(H,33,38)(H3,30,31,34)/t24-/m0/s1. The van der Waals surface area contributed by atoms with Crippen LogP contribution in [-0.2, 0) is 16.1 Å². The van der Waals surface area contributed by atoms with Crippen LogP contribution in [0.15, 0.2) is 77.9 Å². The number of carbonyl (C=O) groups is 2. The topological polar surface area (TPSA) is 172 Å². The van der Waals surface area contributed by atoms with Crippen LogP contribution < -0.4 is 21.7 Å². The number of benzene rings is 3. The Morgan fingerprint density at radius 3 is 2.02 bits per heavy atom. The van der Waals surface area contributed by atoms with Gasteiger partial charge in [-0.25, -0.2) is 10.1 Å². The number of amides is 2. The number of nitrogens with one attached hydrogen (secondary N) is 3. The second-order valence-corrected chi connectivity index (χ2v) is 9.40. The molecule has 3 aromatic carbocycles. The molecule has 0 aliphatic heterocycles. The van der Waals surface area contributed by atoms with E-state index in [0.29, 0.717) is 17.5 Å². The summed E-state index contributed by atoms with van der Waals surface area (Å²) in [6.45, 7) is 3.98. The van der Waals surface area contributed by atoms with Crippen LogP contribution in [0, 0.1) is 24.0 Å². The zero-order chi connectivity index (χ0) is 29.1. The second kappa shape index (κ2) is 14.3. The van der Waals surface area contributed by atoms with E-state index < -0.39 is 17.0 Å². The molecule has 40 heavy (non-hydrogen) atoms. The van der Waals surface area contributed by atoms with Crippen molar-refractivity contribution in [2.45, 2.75) is 45.2 Å². The highest BCUT2D eigenvalue weighted by molar-refractivity contribution is 5.92. The average molecular weight is 547 g/mol. The van der Waals surface area contributed by atoms with Gasteiger partial charge in [0, 0.05) is 13.1 Å². The Kier molecular flexibility index (Phi) is 10.6. The number of guanidine groups is 1. The summed E-state index contributed by atoms with van der Waals surface area (Å²) in [5.41, 5.74) is 9.25. The van der Waals surface area contributed by atoms with Crippen LogP contribution in [-0.4, -0.2) is 40.5 Å². The number of carbonyl (C=O) groups excluding carboxylic acids is 2. The number of aromatic hydroxyl groups is 1. The molecule has 0 aromatic heterocycles. The maximum Gasteiger partial charge on any atom is 0.266 e. The molecule has 0 saturated heterocycles. The van der Waals surface area contributed by atoms with Gasteiger partial charge in [-0.15, -0.1) is 0 Å². The fourth-order valence-electron chi connectivity index (χ4n) is 4.42. The number of hydrazone groups is 1. The first-order valence-electron chi connectivity index (χ1n) is 12.8. The minimum absolute atomic E-state index is 0.203. The number of phenols is 1. The number of nitrogens with two attached hydrogens (primary N) is 1. The highest BCUT2D eigenvalue weighted by Crippen LogP contribution is 2.25. The van der Waals surface area contributed by atoms with Crippen molar-refractivity contribution in [3.8, 4) is 5.75 Å². The first-order chi connectivity index (χ1) is 19.2. The van der Waals surface area contributed by atoms with Gasteiger partial charge in [0.05, 0.1) is 5.92 Å². The van der Waals surface area contributed by atoms with E-state index in [9.17, 15) is 24.8 Å². The monoisotopic (exact) mass is 546 g/mol. The van der Waals surface area contributed by atoms with Gasteiger partial charge in [0.2, 0.25) is 11.8 Å². The fraction of sp³-hybridized carbons (Fsp3) is 0.276. The minimum Gasteiger partial charge on any atom is -0.507 e. The Morgan fingerprint density at radius 1 is 0.950 bits per heavy atom. The number of nitro groups is 1. The molecule has 0 heterocycles. The number of hydrogen-bond acceptors (Lipinski definition) is 5. The lowest BCUT2D eigenvalue weighted by Gasteiger charge is -2.23. The zero-order valence-corrected chi connectivity index (χ0v) is 22.5. The van der Waals surface area contributed by atoms with E-state index in [2.05, 4.69) is 21.1 Å². The molecule has 0 saturated carbocycles. The predicted molar refractivity (Wildman–Crippen MR) is 152 cm³/mol. The van der Waals surface area contributed by atoms with Crippen molar-refractivity contribution in [2.24, 2.45) is 10.8 Å². The summed E-state index contributed by atoms with van der Waals surface area (Å²) >= 11 is 0. The van der Waals surface area contributed by atoms with Crippen LogP contribution in [0.2, 0.25) is 0 Å². The van der Waals surface area contributed by atoms with Gasteiger partial charge in [0.15, 0.2) is 5.03 Å². The van der Waals surface area contributed by atoms with Crippen molar-refractivity contribution in [1.29, 1.82) is 0 Å². The van der Waals surface area contributed by atoms with Crippen LogP contribution in [0.25, 0.3) is 0 Å². The van der Waals surface area contributed by atoms with Gasteiger partial charge >= 0.3 is 0 Å². The van der Waals surface area contributed by atoms with E-state index in [1.165, 1.54) is 0 Å². The van der Waals surface area contributed by atoms with Crippen molar-refractivity contribution in [2.75, 3.05) is 6.54 Å². The van der Waals surface area contributed by atoms with E-state index in [1.54, 1.807) is 26.0 Å². The summed E-state index contributed by atoms with van der Waals surface area (Å²) in [5.74, 6) is -1.50. The van der Waals surface area contributed by atoms with Crippen LogP contribution in [0.3, 0.4) is 0 Å². The van der Waals surface area contributed by atoms with Gasteiger partial charge < -0.3 is 26.8 Å². The molecule has 3 aromatic rings.